The molecule has 3 heterocycles. The van der Waals surface area contributed by atoms with Crippen LogP contribution in [0.25, 0.3) is 10.2 Å². The molecular weight excluding hydrogens is 324 g/mol. The van der Waals surface area contributed by atoms with E-state index in [1.165, 1.54) is 4.70 Å². The number of para-hydroxylation sites is 1. The number of hydrogen-bond acceptors (Lipinski definition) is 6. The molecular formula is C17H18N4O2S. The zero-order valence-corrected chi connectivity index (χ0v) is 14.3. The second-order valence-electron chi connectivity index (χ2n) is 5.94. The number of hydrogen-bond donors (Lipinski definition) is 0. The number of anilines is 1. The highest BCUT2D eigenvalue weighted by atomic mass is 32.1. The van der Waals surface area contributed by atoms with Gasteiger partial charge in [-0.1, -0.05) is 28.6 Å². The number of rotatable bonds is 3. The molecule has 0 atom stereocenters. The Morgan fingerprint density at radius 1 is 1.25 bits per heavy atom. The summed E-state index contributed by atoms with van der Waals surface area (Å²) in [6.45, 7) is 4.89. The average molecular weight is 342 g/mol. The van der Waals surface area contributed by atoms with E-state index in [0.717, 1.165) is 29.4 Å². The summed E-state index contributed by atoms with van der Waals surface area (Å²) < 4.78 is 6.33. The number of piperazine rings is 1. The third kappa shape index (κ3) is 2.99. The van der Waals surface area contributed by atoms with Gasteiger partial charge in [0.25, 0.3) is 0 Å². The molecule has 0 unspecified atom stereocenters. The molecule has 1 aliphatic rings. The molecule has 124 valence electrons. The zero-order chi connectivity index (χ0) is 16.5. The van der Waals surface area contributed by atoms with Gasteiger partial charge in [0, 0.05) is 32.2 Å². The Morgan fingerprint density at radius 2 is 2.04 bits per heavy atom. The Balaban J connectivity index is 1.38. The third-order valence-electron chi connectivity index (χ3n) is 4.19. The first-order valence-electron chi connectivity index (χ1n) is 7.99. The largest absolute Gasteiger partial charge is 0.361 e. The molecule has 7 heteroatoms. The molecule has 2 aromatic heterocycles. The van der Waals surface area contributed by atoms with E-state index in [2.05, 4.69) is 16.1 Å². The van der Waals surface area contributed by atoms with E-state index in [9.17, 15) is 4.79 Å². The summed E-state index contributed by atoms with van der Waals surface area (Å²) in [5.41, 5.74) is 1.84. The van der Waals surface area contributed by atoms with Gasteiger partial charge in [-0.3, -0.25) is 4.79 Å². The molecule has 0 aliphatic carbocycles. The molecule has 4 rings (SSSR count). The maximum atomic E-state index is 12.4. The van der Waals surface area contributed by atoms with Crippen LogP contribution >= 0.6 is 11.3 Å². The van der Waals surface area contributed by atoms with Gasteiger partial charge in [-0.2, -0.15) is 0 Å². The number of thiazole rings is 1. The minimum Gasteiger partial charge on any atom is -0.361 e. The lowest BCUT2D eigenvalue weighted by Crippen LogP contribution is -2.49. The fraction of sp³-hybridized carbons (Fsp3) is 0.353. The van der Waals surface area contributed by atoms with Gasteiger partial charge in [0.15, 0.2) is 5.13 Å². The molecule has 1 amide bonds. The minimum absolute atomic E-state index is 0.0927. The first-order chi connectivity index (χ1) is 11.7. The van der Waals surface area contributed by atoms with Crippen molar-refractivity contribution >= 4 is 32.6 Å². The van der Waals surface area contributed by atoms with Crippen LogP contribution in [0, 0.1) is 6.92 Å². The summed E-state index contributed by atoms with van der Waals surface area (Å²) in [6.07, 6.45) is 0.280. The van der Waals surface area contributed by atoms with Crippen LogP contribution in [-0.2, 0) is 11.2 Å². The van der Waals surface area contributed by atoms with Crippen LogP contribution in [0.5, 0.6) is 0 Å². The molecule has 1 saturated heterocycles. The second-order valence-corrected chi connectivity index (χ2v) is 6.95. The van der Waals surface area contributed by atoms with E-state index in [1.807, 2.05) is 36.1 Å². The van der Waals surface area contributed by atoms with Crippen LogP contribution in [-0.4, -0.2) is 47.1 Å². The highest BCUT2D eigenvalue weighted by molar-refractivity contribution is 7.22. The summed E-state index contributed by atoms with van der Waals surface area (Å²) in [6, 6.07) is 9.99. The van der Waals surface area contributed by atoms with Crippen molar-refractivity contribution in [3.8, 4) is 0 Å². The molecule has 1 aliphatic heterocycles. The summed E-state index contributed by atoms with van der Waals surface area (Å²) >= 11 is 1.71. The molecule has 0 bridgehead atoms. The first kappa shape index (κ1) is 15.1. The van der Waals surface area contributed by atoms with Crippen LogP contribution in [0.1, 0.15) is 11.5 Å². The molecule has 1 fully saturated rings. The number of aromatic nitrogens is 2. The monoisotopic (exact) mass is 342 g/mol. The Labute approximate surface area is 143 Å². The van der Waals surface area contributed by atoms with E-state index >= 15 is 0 Å². The van der Waals surface area contributed by atoms with Crippen molar-refractivity contribution in [2.75, 3.05) is 31.1 Å². The number of carbonyl (C=O) groups is 1. The molecule has 6 nitrogen and oxygen atoms in total. The Bertz CT molecular complexity index is 831. The number of fused-ring (bicyclic) bond motifs is 1. The number of benzene rings is 1. The SMILES string of the molecule is Cc1cc(CC(=O)N2CCN(c3nc4ccccc4s3)CC2)on1. The van der Waals surface area contributed by atoms with Gasteiger partial charge in [-0.25, -0.2) is 4.98 Å². The Hall–Kier alpha value is -2.41. The lowest BCUT2D eigenvalue weighted by Gasteiger charge is -2.34. The van der Waals surface area contributed by atoms with E-state index in [0.29, 0.717) is 18.8 Å². The molecule has 1 aromatic carbocycles. The van der Waals surface area contributed by atoms with Crippen molar-refractivity contribution in [2.45, 2.75) is 13.3 Å². The number of nitrogens with zero attached hydrogens (tertiary/aromatic N) is 4. The van der Waals surface area contributed by atoms with Crippen molar-refractivity contribution in [1.29, 1.82) is 0 Å². The van der Waals surface area contributed by atoms with Gasteiger partial charge in [0.1, 0.15) is 5.76 Å². The minimum atomic E-state index is 0.0927. The fourth-order valence-corrected chi connectivity index (χ4v) is 3.92. The predicted octanol–water partition coefficient (Wildman–Crippen LogP) is 2.48. The number of amides is 1. The lowest BCUT2D eigenvalue weighted by molar-refractivity contribution is -0.131. The fourth-order valence-electron chi connectivity index (χ4n) is 2.90. The molecule has 0 N–H and O–H groups in total. The molecule has 3 aromatic rings. The average Bonchev–Trinajstić information content (AvgIpc) is 3.21. The van der Waals surface area contributed by atoms with Crippen molar-refractivity contribution in [2.24, 2.45) is 0 Å². The molecule has 0 radical (unpaired) electrons. The summed E-state index contributed by atoms with van der Waals surface area (Å²) in [7, 11) is 0. The van der Waals surface area contributed by atoms with Crippen LogP contribution in [0.2, 0.25) is 0 Å². The van der Waals surface area contributed by atoms with Crippen LogP contribution < -0.4 is 4.90 Å². The highest BCUT2D eigenvalue weighted by Gasteiger charge is 2.23. The van der Waals surface area contributed by atoms with Gasteiger partial charge in [0.2, 0.25) is 5.91 Å². The smallest absolute Gasteiger partial charge is 0.230 e. The van der Waals surface area contributed by atoms with Gasteiger partial charge < -0.3 is 14.3 Å². The van der Waals surface area contributed by atoms with Gasteiger partial charge in [-0.15, -0.1) is 0 Å². The molecule has 0 spiro atoms. The summed E-state index contributed by atoms with van der Waals surface area (Å²) in [5.74, 6) is 0.723. The summed E-state index contributed by atoms with van der Waals surface area (Å²) in [4.78, 5) is 21.2. The van der Waals surface area contributed by atoms with Gasteiger partial charge >= 0.3 is 0 Å². The zero-order valence-electron chi connectivity index (χ0n) is 13.4. The quantitative estimate of drug-likeness (QED) is 0.732. The van der Waals surface area contributed by atoms with E-state index in [-0.39, 0.29) is 12.3 Å². The van der Waals surface area contributed by atoms with Crippen molar-refractivity contribution < 1.29 is 9.32 Å². The van der Waals surface area contributed by atoms with Crippen molar-refractivity contribution in [3.05, 3.63) is 41.8 Å². The lowest BCUT2D eigenvalue weighted by atomic mass is 10.2. The van der Waals surface area contributed by atoms with Crippen molar-refractivity contribution in [1.82, 2.24) is 15.0 Å². The Morgan fingerprint density at radius 3 is 2.75 bits per heavy atom. The molecule has 0 saturated carbocycles. The predicted molar refractivity (Wildman–Crippen MR) is 93.4 cm³/mol. The maximum absolute atomic E-state index is 12.4. The standard InChI is InChI=1S/C17H18N4O2S/c1-12-10-13(23-19-12)11-16(22)20-6-8-21(9-7-20)17-18-14-4-2-3-5-15(14)24-17/h2-5,10H,6-9,11H2,1H3. The Kier molecular flexibility index (Phi) is 3.93. The normalized spacial score (nSPS) is 15.2. The van der Waals surface area contributed by atoms with Gasteiger partial charge in [0.05, 0.1) is 22.3 Å². The highest BCUT2D eigenvalue weighted by Crippen LogP contribution is 2.29. The van der Waals surface area contributed by atoms with Crippen molar-refractivity contribution in [3.63, 3.8) is 0 Å². The second kappa shape index (κ2) is 6.24. The van der Waals surface area contributed by atoms with Crippen LogP contribution in [0.15, 0.2) is 34.9 Å². The van der Waals surface area contributed by atoms with Crippen LogP contribution in [0.3, 0.4) is 0 Å². The van der Waals surface area contributed by atoms with Crippen LogP contribution in [0.4, 0.5) is 5.13 Å². The molecule has 24 heavy (non-hydrogen) atoms. The topological polar surface area (TPSA) is 62.5 Å². The van der Waals surface area contributed by atoms with E-state index < -0.39 is 0 Å². The number of carbonyl (C=O) groups excluding carboxylic acids is 1. The summed E-state index contributed by atoms with van der Waals surface area (Å²) in [5, 5.41) is 4.86. The first-order valence-corrected chi connectivity index (χ1v) is 8.81. The van der Waals surface area contributed by atoms with Gasteiger partial charge in [-0.05, 0) is 19.1 Å². The van der Waals surface area contributed by atoms with E-state index in [4.69, 9.17) is 9.51 Å². The maximum Gasteiger partial charge on any atom is 0.230 e. The van der Waals surface area contributed by atoms with E-state index in [1.54, 1.807) is 11.3 Å². The third-order valence-corrected chi connectivity index (χ3v) is 5.28. The number of aryl methyl sites for hydroxylation is 1.